The predicted octanol–water partition coefficient (Wildman–Crippen LogP) is 4.09. The molecule has 102 valence electrons. The lowest BCUT2D eigenvalue weighted by atomic mass is 9.74. The van der Waals surface area contributed by atoms with Gasteiger partial charge >= 0.3 is 0 Å². The molecule has 0 spiro atoms. The van der Waals surface area contributed by atoms with Crippen molar-refractivity contribution in [2.45, 2.75) is 57.5 Å². The molecule has 0 aromatic heterocycles. The smallest absolute Gasteiger partial charge is 0.261 e. The van der Waals surface area contributed by atoms with Gasteiger partial charge in [0.2, 0.25) is 0 Å². The predicted molar refractivity (Wildman–Crippen MR) is 68.5 cm³/mol. The Morgan fingerprint density at radius 3 is 2.61 bits per heavy atom. The van der Waals surface area contributed by atoms with E-state index in [0.717, 1.165) is 37.7 Å². The summed E-state index contributed by atoms with van der Waals surface area (Å²) in [7, 11) is 0. The highest BCUT2D eigenvalue weighted by Crippen LogP contribution is 2.40. The van der Waals surface area contributed by atoms with E-state index in [1.807, 2.05) is 0 Å². The second-order valence-electron chi connectivity index (χ2n) is 5.62. The number of allylic oxidation sites excluding steroid dienone is 2. The molecule has 0 aromatic carbocycles. The van der Waals surface area contributed by atoms with Crippen molar-refractivity contribution in [1.29, 1.82) is 0 Å². The topological polar surface area (TPSA) is 20.2 Å². The van der Waals surface area contributed by atoms with Gasteiger partial charge in [0.15, 0.2) is 6.17 Å². The monoisotopic (exact) mass is 256 g/mol. The third-order valence-electron chi connectivity index (χ3n) is 4.28. The Morgan fingerprint density at radius 2 is 2.00 bits per heavy atom. The molecule has 2 aliphatic carbocycles. The van der Waals surface area contributed by atoms with Gasteiger partial charge in [-0.2, -0.15) is 0 Å². The van der Waals surface area contributed by atoms with Crippen LogP contribution in [-0.4, -0.2) is 17.1 Å². The van der Waals surface area contributed by atoms with Crippen molar-refractivity contribution in [1.82, 2.24) is 0 Å². The first-order valence-electron chi connectivity index (χ1n) is 6.99. The first-order chi connectivity index (χ1) is 8.54. The molecule has 2 atom stereocenters. The van der Waals surface area contributed by atoms with E-state index in [2.05, 4.69) is 6.92 Å². The Morgan fingerprint density at radius 1 is 1.33 bits per heavy atom. The molecule has 2 rings (SSSR count). The molecule has 1 fully saturated rings. The molecule has 0 heterocycles. The minimum Gasteiger partial charge on any atom is -0.356 e. The summed E-state index contributed by atoms with van der Waals surface area (Å²) in [6.07, 6.45) is 8.52. The zero-order chi connectivity index (χ0) is 13.2. The van der Waals surface area contributed by atoms with Crippen LogP contribution in [0.15, 0.2) is 23.8 Å². The maximum Gasteiger partial charge on any atom is 0.261 e. The van der Waals surface area contributed by atoms with E-state index in [1.54, 1.807) is 6.08 Å². The molecular weight excluding hydrogens is 234 g/mol. The van der Waals surface area contributed by atoms with Crippen molar-refractivity contribution in [2.24, 2.45) is 11.8 Å². The number of rotatable bonds is 3. The van der Waals surface area contributed by atoms with E-state index in [-0.39, 0.29) is 5.92 Å². The van der Waals surface area contributed by atoms with Gasteiger partial charge in [-0.05, 0) is 49.2 Å². The van der Waals surface area contributed by atoms with Crippen LogP contribution in [-0.2, 0) is 0 Å². The van der Waals surface area contributed by atoms with Gasteiger partial charge in [0.05, 0.1) is 0 Å². The van der Waals surface area contributed by atoms with Crippen LogP contribution in [0, 0.1) is 11.8 Å². The van der Waals surface area contributed by atoms with Crippen LogP contribution in [0.1, 0.15) is 45.4 Å². The van der Waals surface area contributed by atoms with Gasteiger partial charge in [0.25, 0.3) is 5.85 Å². The van der Waals surface area contributed by atoms with Crippen LogP contribution < -0.4 is 0 Å². The average Bonchev–Trinajstić information content (AvgIpc) is 2.34. The lowest BCUT2D eigenvalue weighted by Gasteiger charge is -2.34. The van der Waals surface area contributed by atoms with Crippen LogP contribution in [0.5, 0.6) is 0 Å². The van der Waals surface area contributed by atoms with Crippen LogP contribution in [0.25, 0.3) is 0 Å². The van der Waals surface area contributed by atoms with Gasteiger partial charge in [0.1, 0.15) is 0 Å². The van der Waals surface area contributed by atoms with Crippen LogP contribution in [0.3, 0.4) is 0 Å². The van der Waals surface area contributed by atoms with Gasteiger partial charge < -0.3 is 5.11 Å². The van der Waals surface area contributed by atoms with Gasteiger partial charge in [0, 0.05) is 0 Å². The molecule has 0 bridgehead atoms. The summed E-state index contributed by atoms with van der Waals surface area (Å²) in [5, 5.41) is 9.31. The van der Waals surface area contributed by atoms with E-state index in [0.29, 0.717) is 5.57 Å². The van der Waals surface area contributed by atoms with Gasteiger partial charge in [-0.25, -0.2) is 8.78 Å². The largest absolute Gasteiger partial charge is 0.356 e. The Balaban J connectivity index is 1.98. The molecule has 1 nitrogen and oxygen atoms in total. The van der Waals surface area contributed by atoms with Crippen LogP contribution in [0.4, 0.5) is 8.78 Å². The second-order valence-corrected chi connectivity index (χ2v) is 5.62. The van der Waals surface area contributed by atoms with Gasteiger partial charge in [-0.3, -0.25) is 0 Å². The number of halogens is 2. The second kappa shape index (κ2) is 5.52. The Labute approximate surface area is 108 Å². The molecule has 0 aliphatic heterocycles. The third kappa shape index (κ3) is 2.82. The number of hydrogen-bond acceptors (Lipinski definition) is 1. The SMILES string of the molecule is CCCC1CCC(C2=CC=CC(O)(F)C2F)CC1. The summed E-state index contributed by atoms with van der Waals surface area (Å²) >= 11 is 0. The fourth-order valence-corrected chi connectivity index (χ4v) is 3.23. The zero-order valence-electron chi connectivity index (χ0n) is 10.9. The van der Waals surface area contributed by atoms with Crippen molar-refractivity contribution < 1.29 is 13.9 Å². The summed E-state index contributed by atoms with van der Waals surface area (Å²) in [6, 6.07) is 0. The normalized spacial score (nSPS) is 40.7. The summed E-state index contributed by atoms with van der Waals surface area (Å²) in [5.41, 5.74) is 0.442. The van der Waals surface area contributed by atoms with Crippen molar-refractivity contribution in [3.63, 3.8) is 0 Å². The first kappa shape index (κ1) is 13.7. The lowest BCUT2D eigenvalue weighted by molar-refractivity contribution is -0.0935. The molecule has 1 saturated carbocycles. The third-order valence-corrected chi connectivity index (χ3v) is 4.28. The Kier molecular flexibility index (Phi) is 4.21. The van der Waals surface area contributed by atoms with Crippen molar-refractivity contribution >= 4 is 0 Å². The van der Waals surface area contributed by atoms with Crippen molar-refractivity contribution in [3.8, 4) is 0 Å². The summed E-state index contributed by atoms with van der Waals surface area (Å²) in [4.78, 5) is 0. The maximum atomic E-state index is 13.9. The molecular formula is C15H22F2O. The highest BCUT2D eigenvalue weighted by atomic mass is 19.2. The van der Waals surface area contributed by atoms with Gasteiger partial charge in [-0.15, -0.1) is 0 Å². The average molecular weight is 256 g/mol. The molecule has 0 saturated heterocycles. The molecule has 2 unspecified atom stereocenters. The maximum absolute atomic E-state index is 13.9. The quantitative estimate of drug-likeness (QED) is 0.806. The first-order valence-corrected chi connectivity index (χ1v) is 6.99. The zero-order valence-corrected chi connectivity index (χ0v) is 10.9. The van der Waals surface area contributed by atoms with E-state index >= 15 is 0 Å². The summed E-state index contributed by atoms with van der Waals surface area (Å²) < 4.78 is 27.4. The number of alkyl halides is 2. The van der Waals surface area contributed by atoms with Crippen molar-refractivity contribution in [3.05, 3.63) is 23.8 Å². The van der Waals surface area contributed by atoms with E-state index in [1.165, 1.54) is 18.9 Å². The lowest BCUT2D eigenvalue weighted by Crippen LogP contribution is -2.38. The van der Waals surface area contributed by atoms with Crippen molar-refractivity contribution in [2.75, 3.05) is 0 Å². The highest BCUT2D eigenvalue weighted by molar-refractivity contribution is 5.30. The molecule has 0 amide bonds. The summed E-state index contributed by atoms with van der Waals surface area (Å²) in [6.45, 7) is 2.18. The van der Waals surface area contributed by atoms with E-state index < -0.39 is 12.0 Å². The molecule has 0 aromatic rings. The Bertz CT molecular complexity index is 338. The minimum atomic E-state index is -2.82. The standard InChI is InChI=1S/C15H22F2O/c1-2-4-11-6-8-12(9-7-11)13-5-3-10-15(17,18)14(13)16/h3,5,10-12,14,18H,2,4,6-9H2,1H3. The number of hydrogen-bond donors (Lipinski definition) is 1. The molecule has 3 heteroatoms. The fourth-order valence-electron chi connectivity index (χ4n) is 3.23. The molecule has 18 heavy (non-hydrogen) atoms. The van der Waals surface area contributed by atoms with Crippen LogP contribution >= 0.6 is 0 Å². The van der Waals surface area contributed by atoms with Gasteiger partial charge in [-0.1, -0.05) is 31.9 Å². The van der Waals surface area contributed by atoms with E-state index in [4.69, 9.17) is 0 Å². The molecule has 0 radical (unpaired) electrons. The minimum absolute atomic E-state index is 0.0975. The summed E-state index contributed by atoms with van der Waals surface area (Å²) in [5.74, 6) is -1.97. The number of aliphatic hydroxyl groups is 1. The Hall–Kier alpha value is -0.700. The molecule has 2 aliphatic rings. The highest BCUT2D eigenvalue weighted by Gasteiger charge is 2.42. The van der Waals surface area contributed by atoms with E-state index in [9.17, 15) is 13.9 Å². The van der Waals surface area contributed by atoms with Crippen LogP contribution in [0.2, 0.25) is 0 Å². The molecule has 1 N–H and O–H groups in total. The fraction of sp³-hybridized carbons (Fsp3) is 0.733.